The molecular formula is C18H22ClN5O6. The summed E-state index contributed by atoms with van der Waals surface area (Å²) < 4.78 is 4.49. The molecule has 4 amide bonds. The van der Waals surface area contributed by atoms with Crippen LogP contribution in [0.5, 0.6) is 0 Å². The van der Waals surface area contributed by atoms with Gasteiger partial charge in [0.1, 0.15) is 5.82 Å². The summed E-state index contributed by atoms with van der Waals surface area (Å²) in [4.78, 5) is 64.7. The number of carbonyl (C=O) groups is 5. The summed E-state index contributed by atoms with van der Waals surface area (Å²) >= 11 is 5.91. The van der Waals surface area contributed by atoms with Crippen molar-refractivity contribution in [3.05, 3.63) is 22.8 Å². The summed E-state index contributed by atoms with van der Waals surface area (Å²) in [6.45, 7) is 1.81. The number of ketones is 1. The van der Waals surface area contributed by atoms with Crippen LogP contribution in [-0.2, 0) is 19.1 Å². The van der Waals surface area contributed by atoms with Gasteiger partial charge in [-0.05, 0) is 25.8 Å². The zero-order valence-corrected chi connectivity index (χ0v) is 17.3. The predicted molar refractivity (Wildman–Crippen MR) is 106 cm³/mol. The summed E-state index contributed by atoms with van der Waals surface area (Å²) in [7, 11) is 2.42. The minimum Gasteiger partial charge on any atom is -0.453 e. The van der Waals surface area contributed by atoms with E-state index in [1.54, 1.807) is 0 Å². The number of likely N-dealkylation sites (N-methyl/N-ethyl adjacent to an activating group) is 1. The van der Waals surface area contributed by atoms with Gasteiger partial charge in [-0.2, -0.15) is 0 Å². The van der Waals surface area contributed by atoms with E-state index in [1.807, 2.05) is 6.92 Å². The minimum atomic E-state index is -1.27. The molecule has 2 rings (SSSR count). The Morgan fingerprint density at radius 3 is 2.63 bits per heavy atom. The lowest BCUT2D eigenvalue weighted by molar-refractivity contribution is -0.139. The highest BCUT2D eigenvalue weighted by Crippen LogP contribution is 2.22. The smallest absolute Gasteiger partial charge is 0.412 e. The van der Waals surface area contributed by atoms with Crippen molar-refractivity contribution in [1.29, 1.82) is 0 Å². The van der Waals surface area contributed by atoms with Gasteiger partial charge in [0.15, 0.2) is 0 Å². The Labute approximate surface area is 177 Å². The number of ether oxygens (including phenoxy) is 1. The molecule has 1 aromatic rings. The summed E-state index contributed by atoms with van der Waals surface area (Å²) in [6, 6.07) is -0.119. The number of nitrogens with one attached hydrogen (secondary N) is 4. The van der Waals surface area contributed by atoms with E-state index in [4.69, 9.17) is 11.6 Å². The molecule has 12 heteroatoms. The first kappa shape index (κ1) is 23.1. The third-order valence-electron chi connectivity index (χ3n) is 4.50. The highest BCUT2D eigenvalue weighted by molar-refractivity contribution is 6.38. The van der Waals surface area contributed by atoms with Crippen LogP contribution >= 0.6 is 11.6 Å². The monoisotopic (exact) mass is 439 g/mol. The largest absolute Gasteiger partial charge is 0.453 e. The van der Waals surface area contributed by atoms with Crippen LogP contribution < -0.4 is 21.3 Å². The van der Waals surface area contributed by atoms with Crippen LogP contribution in [-0.4, -0.2) is 60.8 Å². The van der Waals surface area contributed by atoms with E-state index in [-0.39, 0.29) is 34.8 Å². The number of carbonyl (C=O) groups excluding carboxylic acids is 5. The lowest BCUT2D eigenvalue weighted by atomic mass is 9.94. The SMILES string of the molecule is CNC(=O)C(=O)C(C[C@@H]1C[C@@H](C)NC1=O)NC(=O)c1cc(Cl)cnc1NC(=O)OC. The lowest BCUT2D eigenvalue weighted by Crippen LogP contribution is -2.48. The van der Waals surface area contributed by atoms with E-state index in [0.29, 0.717) is 6.42 Å². The molecule has 1 fully saturated rings. The molecule has 2 heterocycles. The van der Waals surface area contributed by atoms with Gasteiger partial charge < -0.3 is 20.7 Å². The maximum atomic E-state index is 12.8. The number of rotatable bonds is 7. The van der Waals surface area contributed by atoms with Crippen molar-refractivity contribution in [2.75, 3.05) is 19.5 Å². The van der Waals surface area contributed by atoms with Gasteiger partial charge in [0.2, 0.25) is 11.7 Å². The van der Waals surface area contributed by atoms with Crippen molar-refractivity contribution in [1.82, 2.24) is 20.9 Å². The number of hydrogen-bond acceptors (Lipinski definition) is 7. The molecule has 1 unspecified atom stereocenters. The number of Topliss-reactive ketones (excluding diaryl/α,β-unsaturated/α-hetero) is 1. The molecule has 1 saturated heterocycles. The summed E-state index contributed by atoms with van der Waals surface area (Å²) in [5, 5.41) is 9.77. The third-order valence-corrected chi connectivity index (χ3v) is 4.70. The molecule has 0 aliphatic carbocycles. The van der Waals surface area contributed by atoms with Crippen molar-refractivity contribution in [3.8, 4) is 0 Å². The quantitative estimate of drug-likeness (QED) is 0.443. The number of nitrogens with zero attached hydrogens (tertiary/aromatic N) is 1. The number of anilines is 1. The Kier molecular flexibility index (Phi) is 7.70. The zero-order valence-electron chi connectivity index (χ0n) is 16.6. The average Bonchev–Trinajstić information content (AvgIpc) is 3.03. The Bertz CT molecular complexity index is 877. The second-order valence-corrected chi connectivity index (χ2v) is 7.15. The molecule has 11 nitrogen and oxygen atoms in total. The Morgan fingerprint density at radius 1 is 1.37 bits per heavy atom. The second-order valence-electron chi connectivity index (χ2n) is 6.71. The van der Waals surface area contributed by atoms with Crippen LogP contribution in [0.4, 0.5) is 10.6 Å². The van der Waals surface area contributed by atoms with Crippen LogP contribution in [0.25, 0.3) is 0 Å². The fourth-order valence-electron chi connectivity index (χ4n) is 3.05. The first-order valence-corrected chi connectivity index (χ1v) is 9.41. The van der Waals surface area contributed by atoms with Crippen LogP contribution in [0.3, 0.4) is 0 Å². The van der Waals surface area contributed by atoms with E-state index in [0.717, 1.165) is 7.11 Å². The minimum absolute atomic E-state index is 0.0675. The van der Waals surface area contributed by atoms with Crippen molar-refractivity contribution in [2.45, 2.75) is 31.8 Å². The van der Waals surface area contributed by atoms with Crippen molar-refractivity contribution in [3.63, 3.8) is 0 Å². The Balaban J connectivity index is 2.28. The standard InChI is InChI=1S/C18H22ClN5O6/c1-8-4-9(15(26)22-8)5-12(13(25)17(28)20-2)23-16(27)11-6-10(19)7-21-14(11)24-18(29)30-3/h6-9,12H,4-5H2,1-3H3,(H,20,28)(H,22,26)(H,23,27)(H,21,24,29)/t8-,9+,12?/m1/s1. The maximum Gasteiger partial charge on any atom is 0.412 e. The molecule has 0 aromatic carbocycles. The zero-order chi connectivity index (χ0) is 22.4. The highest BCUT2D eigenvalue weighted by atomic mass is 35.5. The van der Waals surface area contributed by atoms with E-state index in [1.165, 1.54) is 19.3 Å². The third kappa shape index (κ3) is 5.66. The molecule has 4 N–H and O–H groups in total. The van der Waals surface area contributed by atoms with Gasteiger partial charge >= 0.3 is 6.09 Å². The van der Waals surface area contributed by atoms with Crippen LogP contribution in [0.2, 0.25) is 5.02 Å². The van der Waals surface area contributed by atoms with Crippen LogP contribution in [0.1, 0.15) is 30.1 Å². The average molecular weight is 440 g/mol. The second kappa shape index (κ2) is 10.0. The van der Waals surface area contributed by atoms with Gasteiger partial charge in [-0.1, -0.05) is 11.6 Å². The van der Waals surface area contributed by atoms with E-state index < -0.39 is 35.7 Å². The summed E-state index contributed by atoms with van der Waals surface area (Å²) in [5.74, 6) is -3.60. The molecule has 30 heavy (non-hydrogen) atoms. The van der Waals surface area contributed by atoms with Gasteiger partial charge in [-0.25, -0.2) is 9.78 Å². The fraction of sp³-hybridized carbons (Fsp3) is 0.444. The molecule has 0 saturated carbocycles. The molecule has 1 aliphatic rings. The van der Waals surface area contributed by atoms with Gasteiger partial charge in [-0.3, -0.25) is 24.5 Å². The maximum absolute atomic E-state index is 12.8. The fourth-order valence-corrected chi connectivity index (χ4v) is 3.21. The normalized spacial score (nSPS) is 18.7. The molecule has 3 atom stereocenters. The number of pyridine rings is 1. The van der Waals surface area contributed by atoms with Crippen molar-refractivity contribution >= 4 is 47.0 Å². The van der Waals surface area contributed by atoms with Gasteiger partial charge in [-0.15, -0.1) is 0 Å². The number of hydrogen-bond donors (Lipinski definition) is 4. The number of methoxy groups -OCH3 is 1. The van der Waals surface area contributed by atoms with Gasteiger partial charge in [0, 0.05) is 25.2 Å². The van der Waals surface area contributed by atoms with E-state index in [9.17, 15) is 24.0 Å². The molecule has 162 valence electrons. The summed E-state index contributed by atoms with van der Waals surface area (Å²) in [6.07, 6.45) is 0.733. The van der Waals surface area contributed by atoms with Crippen molar-refractivity contribution < 1.29 is 28.7 Å². The Morgan fingerprint density at radius 2 is 2.07 bits per heavy atom. The molecular weight excluding hydrogens is 418 g/mol. The van der Waals surface area contributed by atoms with Crippen LogP contribution in [0.15, 0.2) is 12.3 Å². The topological polar surface area (TPSA) is 156 Å². The lowest BCUT2D eigenvalue weighted by Gasteiger charge is -2.20. The molecule has 0 spiro atoms. The summed E-state index contributed by atoms with van der Waals surface area (Å²) in [5.41, 5.74) is -0.146. The number of halogens is 1. The van der Waals surface area contributed by atoms with E-state index >= 15 is 0 Å². The highest BCUT2D eigenvalue weighted by Gasteiger charge is 2.36. The number of aromatic nitrogens is 1. The first-order valence-electron chi connectivity index (χ1n) is 9.03. The predicted octanol–water partition coefficient (Wildman–Crippen LogP) is 0.241. The molecule has 0 bridgehead atoms. The molecule has 1 aromatic heterocycles. The van der Waals surface area contributed by atoms with E-state index in [2.05, 4.69) is 31.0 Å². The van der Waals surface area contributed by atoms with Gasteiger partial charge in [0.25, 0.3) is 11.8 Å². The van der Waals surface area contributed by atoms with Gasteiger partial charge in [0.05, 0.1) is 23.7 Å². The first-order chi connectivity index (χ1) is 14.2. The van der Waals surface area contributed by atoms with Crippen LogP contribution in [0, 0.1) is 5.92 Å². The van der Waals surface area contributed by atoms with Crippen molar-refractivity contribution in [2.24, 2.45) is 5.92 Å². The Hall–Kier alpha value is -3.21. The molecule has 0 radical (unpaired) electrons. The molecule has 1 aliphatic heterocycles. The number of amides is 4.